The van der Waals surface area contributed by atoms with E-state index in [4.69, 9.17) is 9.84 Å². The van der Waals surface area contributed by atoms with E-state index >= 15 is 0 Å². The van der Waals surface area contributed by atoms with Crippen LogP contribution >= 0.6 is 0 Å². The molecule has 3 rings (SSSR count). The second-order valence-electron chi connectivity index (χ2n) is 5.40. The minimum Gasteiger partial charge on any atom is -0.487 e. The Morgan fingerprint density at radius 1 is 1.17 bits per heavy atom. The molecular formula is C16H17F2N3O2. The second-order valence-corrected chi connectivity index (χ2v) is 5.40. The van der Waals surface area contributed by atoms with Crippen LogP contribution in [0.4, 0.5) is 14.6 Å². The number of aromatic nitrogens is 2. The summed E-state index contributed by atoms with van der Waals surface area (Å²) >= 11 is 0. The number of rotatable bonds is 4. The fourth-order valence-corrected chi connectivity index (χ4v) is 2.55. The second kappa shape index (κ2) is 6.87. The summed E-state index contributed by atoms with van der Waals surface area (Å²) in [6, 6.07) is 3.32. The molecule has 2 heterocycles. The molecule has 0 spiro atoms. The Bertz CT molecular complexity index is 659. The van der Waals surface area contributed by atoms with Crippen molar-refractivity contribution >= 4 is 5.82 Å². The number of hydrogen-bond acceptors (Lipinski definition) is 5. The van der Waals surface area contributed by atoms with Crippen LogP contribution in [0.3, 0.4) is 0 Å². The van der Waals surface area contributed by atoms with Gasteiger partial charge < -0.3 is 14.7 Å². The number of piperidine rings is 1. The fraction of sp³-hybridized carbons (Fsp3) is 0.375. The van der Waals surface area contributed by atoms with E-state index < -0.39 is 11.6 Å². The van der Waals surface area contributed by atoms with Gasteiger partial charge in [-0.2, -0.15) is 0 Å². The monoisotopic (exact) mass is 321 g/mol. The SMILES string of the molecule is OCc1cnc(N2CCC(Oc3ccc(F)cc3F)CC2)cn1. The van der Waals surface area contributed by atoms with Crippen molar-refractivity contribution in [2.75, 3.05) is 18.0 Å². The maximum atomic E-state index is 13.6. The zero-order valence-corrected chi connectivity index (χ0v) is 12.5. The Balaban J connectivity index is 1.57. The fourth-order valence-electron chi connectivity index (χ4n) is 2.55. The van der Waals surface area contributed by atoms with Crippen molar-refractivity contribution in [2.45, 2.75) is 25.6 Å². The Hall–Kier alpha value is -2.28. The normalized spacial score (nSPS) is 15.7. The van der Waals surface area contributed by atoms with Gasteiger partial charge in [0.1, 0.15) is 17.7 Å². The highest BCUT2D eigenvalue weighted by Gasteiger charge is 2.22. The number of nitrogens with zero attached hydrogens (tertiary/aromatic N) is 3. The largest absolute Gasteiger partial charge is 0.487 e. The number of benzene rings is 1. The van der Waals surface area contributed by atoms with Crippen LogP contribution in [0, 0.1) is 11.6 Å². The van der Waals surface area contributed by atoms with Crippen LogP contribution in [0.25, 0.3) is 0 Å². The number of aliphatic hydroxyl groups is 1. The van der Waals surface area contributed by atoms with Crippen LogP contribution in [0.2, 0.25) is 0 Å². The summed E-state index contributed by atoms with van der Waals surface area (Å²) in [6.45, 7) is 1.29. The van der Waals surface area contributed by atoms with Gasteiger partial charge in [-0.25, -0.2) is 13.8 Å². The average Bonchev–Trinajstić information content (AvgIpc) is 2.58. The van der Waals surface area contributed by atoms with Gasteiger partial charge in [-0.15, -0.1) is 0 Å². The number of halogens is 2. The Kier molecular flexibility index (Phi) is 4.66. The van der Waals surface area contributed by atoms with Gasteiger partial charge in [0.2, 0.25) is 0 Å². The highest BCUT2D eigenvalue weighted by Crippen LogP contribution is 2.24. The molecule has 1 saturated heterocycles. The smallest absolute Gasteiger partial charge is 0.167 e. The molecule has 5 nitrogen and oxygen atoms in total. The van der Waals surface area contributed by atoms with E-state index in [1.54, 1.807) is 12.4 Å². The first-order valence-electron chi connectivity index (χ1n) is 7.44. The van der Waals surface area contributed by atoms with E-state index in [9.17, 15) is 8.78 Å². The molecule has 7 heteroatoms. The Morgan fingerprint density at radius 3 is 2.57 bits per heavy atom. The van der Waals surface area contributed by atoms with Crippen LogP contribution < -0.4 is 9.64 Å². The molecule has 1 N–H and O–H groups in total. The van der Waals surface area contributed by atoms with Crippen LogP contribution in [-0.4, -0.2) is 34.3 Å². The molecule has 2 aromatic rings. The molecule has 0 aliphatic carbocycles. The lowest BCUT2D eigenvalue weighted by Gasteiger charge is -2.32. The van der Waals surface area contributed by atoms with Gasteiger partial charge in [0.25, 0.3) is 0 Å². The highest BCUT2D eigenvalue weighted by atomic mass is 19.1. The van der Waals surface area contributed by atoms with Crippen molar-refractivity contribution in [2.24, 2.45) is 0 Å². The van der Waals surface area contributed by atoms with Crippen molar-refractivity contribution in [3.05, 3.63) is 47.9 Å². The molecule has 1 aromatic carbocycles. The lowest BCUT2D eigenvalue weighted by atomic mass is 10.1. The number of hydrogen-bond donors (Lipinski definition) is 1. The lowest BCUT2D eigenvalue weighted by Crippen LogP contribution is -2.38. The molecule has 1 aromatic heterocycles. The molecule has 122 valence electrons. The Labute approximate surface area is 132 Å². The van der Waals surface area contributed by atoms with Gasteiger partial charge in [-0.05, 0) is 12.1 Å². The predicted molar refractivity (Wildman–Crippen MR) is 80.2 cm³/mol. The molecule has 0 saturated carbocycles. The summed E-state index contributed by atoms with van der Waals surface area (Å²) in [5, 5.41) is 8.97. The van der Waals surface area contributed by atoms with Crippen molar-refractivity contribution in [3.8, 4) is 5.75 Å². The summed E-state index contributed by atoms with van der Waals surface area (Å²) in [6.07, 6.45) is 4.48. The number of ether oxygens (including phenoxy) is 1. The molecule has 0 radical (unpaired) electrons. The molecule has 1 fully saturated rings. The third kappa shape index (κ3) is 3.73. The third-order valence-corrected chi connectivity index (χ3v) is 3.81. The first kappa shape index (κ1) is 15.6. The summed E-state index contributed by atoms with van der Waals surface area (Å²) < 4.78 is 32.1. The van der Waals surface area contributed by atoms with Crippen molar-refractivity contribution in [1.29, 1.82) is 0 Å². The van der Waals surface area contributed by atoms with E-state index in [2.05, 4.69) is 14.9 Å². The van der Waals surface area contributed by atoms with Crippen LogP contribution in [-0.2, 0) is 6.61 Å². The maximum Gasteiger partial charge on any atom is 0.167 e. The first-order chi connectivity index (χ1) is 11.2. The summed E-state index contributed by atoms with van der Waals surface area (Å²) in [5.74, 6) is -0.474. The molecule has 23 heavy (non-hydrogen) atoms. The average molecular weight is 321 g/mol. The van der Waals surface area contributed by atoms with E-state index in [0.29, 0.717) is 31.6 Å². The van der Waals surface area contributed by atoms with Gasteiger partial charge in [0.15, 0.2) is 11.6 Å². The predicted octanol–water partition coefficient (Wildman–Crippen LogP) is 2.29. The minimum absolute atomic E-state index is 0.0805. The highest BCUT2D eigenvalue weighted by molar-refractivity contribution is 5.36. The van der Waals surface area contributed by atoms with E-state index in [-0.39, 0.29) is 18.5 Å². The molecular weight excluding hydrogens is 304 g/mol. The quantitative estimate of drug-likeness (QED) is 0.936. The zero-order chi connectivity index (χ0) is 16.2. The minimum atomic E-state index is -0.683. The molecule has 0 atom stereocenters. The van der Waals surface area contributed by atoms with Crippen LogP contribution in [0.1, 0.15) is 18.5 Å². The van der Waals surface area contributed by atoms with Gasteiger partial charge >= 0.3 is 0 Å². The van der Waals surface area contributed by atoms with Crippen molar-refractivity contribution in [1.82, 2.24) is 9.97 Å². The molecule has 0 amide bonds. The standard InChI is InChI=1S/C16H17F2N3O2/c17-11-1-2-15(14(18)7-11)23-13-3-5-21(6-4-13)16-9-19-12(10-22)8-20-16/h1-2,7-9,13,22H,3-6,10H2. The summed E-state index contributed by atoms with van der Waals surface area (Å²) in [7, 11) is 0. The van der Waals surface area contributed by atoms with Crippen LogP contribution in [0.5, 0.6) is 5.75 Å². The summed E-state index contributed by atoms with van der Waals surface area (Å²) in [5.41, 5.74) is 0.527. The molecule has 0 bridgehead atoms. The molecule has 0 unspecified atom stereocenters. The maximum absolute atomic E-state index is 13.6. The van der Waals surface area contributed by atoms with Crippen LogP contribution in [0.15, 0.2) is 30.6 Å². The van der Waals surface area contributed by atoms with E-state index in [1.165, 1.54) is 12.1 Å². The third-order valence-electron chi connectivity index (χ3n) is 3.81. The number of anilines is 1. The first-order valence-corrected chi connectivity index (χ1v) is 7.44. The zero-order valence-electron chi connectivity index (χ0n) is 12.5. The van der Waals surface area contributed by atoms with Crippen molar-refractivity contribution in [3.63, 3.8) is 0 Å². The van der Waals surface area contributed by atoms with Crippen molar-refractivity contribution < 1.29 is 18.6 Å². The number of aliphatic hydroxyl groups excluding tert-OH is 1. The summed E-state index contributed by atoms with van der Waals surface area (Å²) in [4.78, 5) is 10.4. The van der Waals surface area contributed by atoms with Gasteiger partial charge in [0, 0.05) is 32.0 Å². The lowest BCUT2D eigenvalue weighted by molar-refractivity contribution is 0.163. The van der Waals surface area contributed by atoms with Gasteiger partial charge in [-0.3, -0.25) is 4.98 Å². The van der Waals surface area contributed by atoms with E-state index in [0.717, 1.165) is 11.9 Å². The molecule has 1 aliphatic rings. The van der Waals surface area contributed by atoms with Gasteiger partial charge in [-0.1, -0.05) is 0 Å². The Morgan fingerprint density at radius 2 is 1.96 bits per heavy atom. The van der Waals surface area contributed by atoms with Gasteiger partial charge in [0.05, 0.1) is 24.7 Å². The molecule has 1 aliphatic heterocycles. The van der Waals surface area contributed by atoms with E-state index in [1.807, 2.05) is 0 Å². The topological polar surface area (TPSA) is 58.5 Å².